The van der Waals surface area contributed by atoms with Crippen LogP contribution >= 0.6 is 0 Å². The van der Waals surface area contributed by atoms with Gasteiger partial charge in [-0.05, 0) is 38.5 Å². The Kier molecular flexibility index (Phi) is 4.66. The quantitative estimate of drug-likeness (QED) is 0.803. The Morgan fingerprint density at radius 2 is 1.79 bits per heavy atom. The first-order chi connectivity index (χ1) is 9.11. The molecule has 2 amide bonds. The molecule has 0 atom stereocenters. The van der Waals surface area contributed by atoms with Gasteiger partial charge in [0.2, 0.25) is 0 Å². The molecule has 2 saturated carbocycles. The molecule has 2 rings (SSSR count). The van der Waals surface area contributed by atoms with Crippen LogP contribution in [-0.2, 0) is 4.79 Å². The van der Waals surface area contributed by atoms with Gasteiger partial charge in [-0.2, -0.15) is 0 Å². The number of hydrogen-bond donors (Lipinski definition) is 1. The molecule has 0 radical (unpaired) electrons. The number of carboxylic acids is 1. The first-order valence-electron chi connectivity index (χ1n) is 7.39. The van der Waals surface area contributed by atoms with E-state index in [1.807, 2.05) is 11.8 Å². The van der Waals surface area contributed by atoms with E-state index in [1.165, 1.54) is 12.8 Å². The molecule has 0 bridgehead atoms. The number of carboxylic acid groups (broad SMARTS) is 1. The minimum atomic E-state index is -0.914. The van der Waals surface area contributed by atoms with Crippen molar-refractivity contribution in [3.05, 3.63) is 0 Å². The van der Waals surface area contributed by atoms with Gasteiger partial charge in [0.1, 0.15) is 6.54 Å². The molecule has 0 aromatic rings. The van der Waals surface area contributed by atoms with E-state index in [0.717, 1.165) is 32.2 Å². The highest BCUT2D eigenvalue weighted by atomic mass is 16.4. The monoisotopic (exact) mass is 268 g/mol. The normalized spacial score (nSPS) is 19.4. The molecule has 2 aliphatic rings. The van der Waals surface area contributed by atoms with Crippen molar-refractivity contribution < 1.29 is 14.7 Å². The summed E-state index contributed by atoms with van der Waals surface area (Å²) in [5.41, 5.74) is 0. The molecular formula is C14H24N2O3. The molecule has 5 nitrogen and oxygen atoms in total. The van der Waals surface area contributed by atoms with E-state index < -0.39 is 5.97 Å². The zero-order valence-electron chi connectivity index (χ0n) is 11.7. The summed E-state index contributed by atoms with van der Waals surface area (Å²) in [7, 11) is 0. The van der Waals surface area contributed by atoms with Crippen LogP contribution in [-0.4, -0.2) is 52.6 Å². The molecule has 0 aromatic carbocycles. The average Bonchev–Trinajstić information content (AvgIpc) is 3.03. The van der Waals surface area contributed by atoms with Crippen molar-refractivity contribution in [3.63, 3.8) is 0 Å². The van der Waals surface area contributed by atoms with E-state index in [1.54, 1.807) is 4.90 Å². The Morgan fingerprint density at radius 3 is 2.26 bits per heavy atom. The van der Waals surface area contributed by atoms with E-state index in [4.69, 9.17) is 5.11 Å². The zero-order valence-corrected chi connectivity index (χ0v) is 11.7. The maximum Gasteiger partial charge on any atom is 0.323 e. The lowest BCUT2D eigenvalue weighted by molar-refractivity contribution is -0.138. The summed E-state index contributed by atoms with van der Waals surface area (Å²) >= 11 is 0. The standard InChI is InChI=1S/C14H24N2O3/c1-2-15(9-11-7-8-11)14(19)16(10-13(17)18)12-5-3-4-6-12/h11-12H,2-10H2,1H3,(H,17,18). The SMILES string of the molecule is CCN(CC1CC1)C(=O)N(CC(=O)O)C1CCCC1. The van der Waals surface area contributed by atoms with Crippen molar-refractivity contribution in [2.45, 2.75) is 51.5 Å². The third-order valence-electron chi connectivity index (χ3n) is 4.14. The van der Waals surface area contributed by atoms with Gasteiger partial charge in [-0.25, -0.2) is 4.79 Å². The summed E-state index contributed by atoms with van der Waals surface area (Å²) in [6.07, 6.45) is 6.49. The highest BCUT2D eigenvalue weighted by Crippen LogP contribution is 2.30. The molecule has 0 spiro atoms. The van der Waals surface area contributed by atoms with Gasteiger partial charge in [0, 0.05) is 19.1 Å². The minimum Gasteiger partial charge on any atom is -0.480 e. The number of rotatable bonds is 6. The van der Waals surface area contributed by atoms with E-state index in [-0.39, 0.29) is 18.6 Å². The van der Waals surface area contributed by atoms with Gasteiger partial charge in [0.15, 0.2) is 0 Å². The lowest BCUT2D eigenvalue weighted by atomic mass is 10.2. The third-order valence-corrected chi connectivity index (χ3v) is 4.14. The predicted octanol–water partition coefficient (Wildman–Crippen LogP) is 2.17. The van der Waals surface area contributed by atoms with Crippen LogP contribution in [0.15, 0.2) is 0 Å². The van der Waals surface area contributed by atoms with Gasteiger partial charge in [-0.15, -0.1) is 0 Å². The van der Waals surface area contributed by atoms with Gasteiger partial charge in [0.05, 0.1) is 0 Å². The first kappa shape index (κ1) is 14.2. The summed E-state index contributed by atoms with van der Waals surface area (Å²) in [6.45, 7) is 3.26. The van der Waals surface area contributed by atoms with Crippen molar-refractivity contribution in [3.8, 4) is 0 Å². The lowest BCUT2D eigenvalue weighted by Crippen LogP contribution is -2.50. The summed E-state index contributed by atoms with van der Waals surface area (Å²) in [5.74, 6) is -0.276. The Morgan fingerprint density at radius 1 is 1.16 bits per heavy atom. The minimum absolute atomic E-state index is 0.0799. The summed E-state index contributed by atoms with van der Waals surface area (Å²) < 4.78 is 0. The Labute approximate surface area is 114 Å². The number of carbonyl (C=O) groups excluding carboxylic acids is 1. The van der Waals surface area contributed by atoms with E-state index in [9.17, 15) is 9.59 Å². The highest BCUT2D eigenvalue weighted by molar-refractivity contribution is 5.80. The second-order valence-electron chi connectivity index (χ2n) is 5.72. The molecule has 1 N–H and O–H groups in total. The van der Waals surface area contributed by atoms with E-state index in [0.29, 0.717) is 12.5 Å². The first-order valence-corrected chi connectivity index (χ1v) is 7.39. The van der Waals surface area contributed by atoms with Gasteiger partial charge in [0.25, 0.3) is 0 Å². The van der Waals surface area contributed by atoms with Crippen molar-refractivity contribution in [2.75, 3.05) is 19.6 Å². The molecule has 2 fully saturated rings. The van der Waals surface area contributed by atoms with Crippen LogP contribution in [0.4, 0.5) is 4.79 Å². The van der Waals surface area contributed by atoms with Gasteiger partial charge >= 0.3 is 12.0 Å². The number of amides is 2. The molecule has 0 aliphatic heterocycles. The molecular weight excluding hydrogens is 244 g/mol. The molecule has 108 valence electrons. The summed E-state index contributed by atoms with van der Waals surface area (Å²) in [6, 6.07) is 0.0422. The second-order valence-corrected chi connectivity index (χ2v) is 5.72. The average molecular weight is 268 g/mol. The fourth-order valence-electron chi connectivity index (χ4n) is 2.85. The van der Waals surface area contributed by atoms with Crippen LogP contribution in [0.5, 0.6) is 0 Å². The molecule has 0 aromatic heterocycles. The van der Waals surface area contributed by atoms with Gasteiger partial charge < -0.3 is 14.9 Å². The Hall–Kier alpha value is -1.26. The number of urea groups is 1. The smallest absolute Gasteiger partial charge is 0.323 e. The lowest BCUT2D eigenvalue weighted by Gasteiger charge is -2.33. The van der Waals surface area contributed by atoms with Crippen LogP contribution < -0.4 is 0 Å². The van der Waals surface area contributed by atoms with Crippen LogP contribution in [0.1, 0.15) is 45.4 Å². The number of hydrogen-bond acceptors (Lipinski definition) is 2. The second kappa shape index (κ2) is 6.26. The topological polar surface area (TPSA) is 60.9 Å². The predicted molar refractivity (Wildman–Crippen MR) is 72.0 cm³/mol. The maximum atomic E-state index is 12.5. The third kappa shape index (κ3) is 3.85. The molecule has 5 heteroatoms. The van der Waals surface area contributed by atoms with Crippen LogP contribution in [0.2, 0.25) is 0 Å². The van der Waals surface area contributed by atoms with Gasteiger partial charge in [-0.3, -0.25) is 4.79 Å². The van der Waals surface area contributed by atoms with Crippen molar-refractivity contribution in [2.24, 2.45) is 5.92 Å². The molecule has 19 heavy (non-hydrogen) atoms. The van der Waals surface area contributed by atoms with E-state index in [2.05, 4.69) is 0 Å². The number of nitrogens with zero attached hydrogens (tertiary/aromatic N) is 2. The fraction of sp³-hybridized carbons (Fsp3) is 0.857. The molecule has 0 heterocycles. The molecule has 2 aliphatic carbocycles. The fourth-order valence-corrected chi connectivity index (χ4v) is 2.85. The zero-order chi connectivity index (χ0) is 13.8. The Balaban J connectivity index is 2.01. The van der Waals surface area contributed by atoms with Gasteiger partial charge in [-0.1, -0.05) is 12.8 Å². The van der Waals surface area contributed by atoms with Crippen molar-refractivity contribution in [1.29, 1.82) is 0 Å². The van der Waals surface area contributed by atoms with Crippen LogP contribution in [0, 0.1) is 5.92 Å². The van der Waals surface area contributed by atoms with Crippen LogP contribution in [0.3, 0.4) is 0 Å². The van der Waals surface area contributed by atoms with E-state index >= 15 is 0 Å². The Bertz CT molecular complexity index is 336. The van der Waals surface area contributed by atoms with Crippen molar-refractivity contribution in [1.82, 2.24) is 9.80 Å². The summed E-state index contributed by atoms with van der Waals surface area (Å²) in [4.78, 5) is 27.0. The largest absolute Gasteiger partial charge is 0.480 e. The molecule has 0 saturated heterocycles. The summed E-state index contributed by atoms with van der Waals surface area (Å²) in [5, 5.41) is 9.03. The van der Waals surface area contributed by atoms with Crippen molar-refractivity contribution >= 4 is 12.0 Å². The number of carbonyl (C=O) groups is 2. The molecule has 0 unspecified atom stereocenters. The van der Waals surface area contributed by atoms with Crippen LogP contribution in [0.25, 0.3) is 0 Å². The maximum absolute atomic E-state index is 12.5. The number of aliphatic carboxylic acids is 1. The highest BCUT2D eigenvalue weighted by Gasteiger charge is 2.33.